The lowest BCUT2D eigenvalue weighted by atomic mass is 10.2. The molecule has 4 nitrogen and oxygen atoms in total. The molecule has 1 aromatic rings. The average Bonchev–Trinajstić information content (AvgIpc) is 2.40. The lowest BCUT2D eigenvalue weighted by Crippen LogP contribution is -3.14. The highest BCUT2D eigenvalue weighted by molar-refractivity contribution is 5.94. The summed E-state index contributed by atoms with van der Waals surface area (Å²) in [5.41, 5.74) is 0.494. The van der Waals surface area contributed by atoms with Gasteiger partial charge in [-0.1, -0.05) is 0 Å². The second kappa shape index (κ2) is 6.47. The van der Waals surface area contributed by atoms with Crippen LogP contribution in [0, 0.1) is 5.82 Å². The summed E-state index contributed by atoms with van der Waals surface area (Å²) >= 11 is 0. The predicted molar refractivity (Wildman–Crippen MR) is 65.1 cm³/mol. The number of rotatable bonds is 4. The van der Waals surface area contributed by atoms with E-state index in [-0.39, 0.29) is 11.7 Å². The first kappa shape index (κ1) is 13.0. The lowest BCUT2D eigenvalue weighted by Gasteiger charge is -2.23. The van der Waals surface area contributed by atoms with Crippen LogP contribution in [0.1, 0.15) is 10.4 Å². The number of morpholine rings is 1. The van der Waals surface area contributed by atoms with Crippen molar-refractivity contribution in [3.8, 4) is 0 Å². The fraction of sp³-hybridized carbons (Fsp3) is 0.462. The van der Waals surface area contributed by atoms with Gasteiger partial charge in [0, 0.05) is 5.56 Å². The van der Waals surface area contributed by atoms with Gasteiger partial charge in [-0.15, -0.1) is 0 Å². The van der Waals surface area contributed by atoms with Gasteiger partial charge < -0.3 is 15.0 Å². The first-order valence-electron chi connectivity index (χ1n) is 6.21. The zero-order valence-corrected chi connectivity index (χ0v) is 10.2. The van der Waals surface area contributed by atoms with E-state index in [0.717, 1.165) is 32.8 Å². The van der Waals surface area contributed by atoms with Gasteiger partial charge in [0.15, 0.2) is 0 Å². The Bertz CT molecular complexity index is 388. The SMILES string of the molecule is O=C(NCC[NH+]1CCOCC1)c1ccc(F)cc1. The summed E-state index contributed by atoms with van der Waals surface area (Å²) in [7, 11) is 0. The molecule has 0 aliphatic carbocycles. The molecule has 0 aromatic heterocycles. The number of hydrogen-bond donors (Lipinski definition) is 2. The van der Waals surface area contributed by atoms with Crippen molar-refractivity contribution in [1.82, 2.24) is 5.32 Å². The molecule has 0 spiro atoms. The molecule has 98 valence electrons. The maximum Gasteiger partial charge on any atom is 0.251 e. The Labute approximate surface area is 106 Å². The highest BCUT2D eigenvalue weighted by atomic mass is 19.1. The van der Waals surface area contributed by atoms with Crippen LogP contribution in [-0.2, 0) is 4.74 Å². The van der Waals surface area contributed by atoms with Crippen LogP contribution in [0.25, 0.3) is 0 Å². The molecule has 1 aliphatic heterocycles. The minimum Gasteiger partial charge on any atom is -0.370 e. The summed E-state index contributed by atoms with van der Waals surface area (Å²) in [4.78, 5) is 13.2. The van der Waals surface area contributed by atoms with E-state index in [1.165, 1.54) is 29.2 Å². The quantitative estimate of drug-likeness (QED) is 0.757. The summed E-state index contributed by atoms with van der Waals surface area (Å²) in [5.74, 6) is -0.480. The van der Waals surface area contributed by atoms with Crippen LogP contribution < -0.4 is 10.2 Å². The van der Waals surface area contributed by atoms with Crippen LogP contribution in [-0.4, -0.2) is 45.3 Å². The molecule has 0 saturated carbocycles. The van der Waals surface area contributed by atoms with Gasteiger partial charge in [0.25, 0.3) is 5.91 Å². The zero-order valence-electron chi connectivity index (χ0n) is 10.2. The summed E-state index contributed by atoms with van der Waals surface area (Å²) in [6.07, 6.45) is 0. The van der Waals surface area contributed by atoms with Crippen LogP contribution in [0.3, 0.4) is 0 Å². The van der Waals surface area contributed by atoms with Gasteiger partial charge in [-0.3, -0.25) is 4.79 Å². The van der Waals surface area contributed by atoms with Crippen molar-refractivity contribution in [2.75, 3.05) is 39.4 Å². The third-order valence-electron chi connectivity index (χ3n) is 3.07. The van der Waals surface area contributed by atoms with Crippen molar-refractivity contribution in [2.45, 2.75) is 0 Å². The molecule has 0 atom stereocenters. The van der Waals surface area contributed by atoms with Crippen molar-refractivity contribution in [3.05, 3.63) is 35.6 Å². The van der Waals surface area contributed by atoms with E-state index in [1.807, 2.05) is 0 Å². The predicted octanol–water partition coefficient (Wildman–Crippen LogP) is -0.529. The fourth-order valence-electron chi connectivity index (χ4n) is 1.97. The summed E-state index contributed by atoms with van der Waals surface area (Å²) in [6.45, 7) is 5.10. The molecule has 0 radical (unpaired) electrons. The van der Waals surface area contributed by atoms with E-state index in [0.29, 0.717) is 12.1 Å². The van der Waals surface area contributed by atoms with Crippen LogP contribution in [0.2, 0.25) is 0 Å². The molecule has 18 heavy (non-hydrogen) atoms. The van der Waals surface area contributed by atoms with Gasteiger partial charge in [-0.05, 0) is 24.3 Å². The Hall–Kier alpha value is -1.46. The summed E-state index contributed by atoms with van der Waals surface area (Å²) < 4.78 is 18.0. The smallest absolute Gasteiger partial charge is 0.251 e. The molecule has 1 fully saturated rings. The van der Waals surface area contributed by atoms with Crippen molar-refractivity contribution < 1.29 is 18.8 Å². The van der Waals surface area contributed by atoms with E-state index in [1.54, 1.807) is 0 Å². The molecule has 1 saturated heterocycles. The third kappa shape index (κ3) is 3.78. The van der Waals surface area contributed by atoms with Crippen molar-refractivity contribution >= 4 is 5.91 Å². The van der Waals surface area contributed by atoms with E-state index in [2.05, 4.69) is 5.32 Å². The third-order valence-corrected chi connectivity index (χ3v) is 3.07. The van der Waals surface area contributed by atoms with E-state index >= 15 is 0 Å². The van der Waals surface area contributed by atoms with Gasteiger partial charge in [-0.2, -0.15) is 0 Å². The highest BCUT2D eigenvalue weighted by Gasteiger charge is 2.13. The number of hydrogen-bond acceptors (Lipinski definition) is 2. The molecule has 2 N–H and O–H groups in total. The molecule has 0 unspecified atom stereocenters. The number of carbonyl (C=O) groups excluding carboxylic acids is 1. The Morgan fingerprint density at radius 1 is 1.28 bits per heavy atom. The van der Waals surface area contributed by atoms with Crippen molar-refractivity contribution in [1.29, 1.82) is 0 Å². The molecular formula is C13H18FN2O2+. The number of amides is 1. The fourth-order valence-corrected chi connectivity index (χ4v) is 1.97. The molecule has 1 amide bonds. The maximum absolute atomic E-state index is 12.7. The number of carbonyl (C=O) groups is 1. The van der Waals surface area contributed by atoms with Crippen LogP contribution in [0.15, 0.2) is 24.3 Å². The van der Waals surface area contributed by atoms with E-state index in [4.69, 9.17) is 4.74 Å². The molecule has 2 rings (SSSR count). The summed E-state index contributed by atoms with van der Waals surface area (Å²) in [5, 5.41) is 2.84. The second-order valence-corrected chi connectivity index (χ2v) is 4.38. The standard InChI is InChI=1S/C13H17FN2O2/c14-12-3-1-11(2-4-12)13(17)15-5-6-16-7-9-18-10-8-16/h1-4H,5-10H2,(H,15,17)/p+1. The number of nitrogens with one attached hydrogen (secondary N) is 2. The Balaban J connectivity index is 1.72. The number of quaternary nitrogens is 1. The Kier molecular flexibility index (Phi) is 4.66. The minimum absolute atomic E-state index is 0.150. The van der Waals surface area contributed by atoms with Gasteiger partial charge in [0.2, 0.25) is 0 Å². The maximum atomic E-state index is 12.7. The Morgan fingerprint density at radius 3 is 2.61 bits per heavy atom. The number of benzene rings is 1. The minimum atomic E-state index is -0.329. The second-order valence-electron chi connectivity index (χ2n) is 4.38. The highest BCUT2D eigenvalue weighted by Crippen LogP contribution is 2.01. The van der Waals surface area contributed by atoms with Crippen molar-refractivity contribution in [2.24, 2.45) is 0 Å². The van der Waals surface area contributed by atoms with Crippen molar-refractivity contribution in [3.63, 3.8) is 0 Å². The molecule has 5 heteroatoms. The number of halogens is 1. The molecule has 0 bridgehead atoms. The van der Waals surface area contributed by atoms with Gasteiger partial charge >= 0.3 is 0 Å². The first-order chi connectivity index (χ1) is 8.75. The molecular weight excluding hydrogens is 235 g/mol. The van der Waals surface area contributed by atoms with Gasteiger partial charge in [0.1, 0.15) is 18.9 Å². The van der Waals surface area contributed by atoms with E-state index in [9.17, 15) is 9.18 Å². The van der Waals surface area contributed by atoms with Crippen LogP contribution in [0.4, 0.5) is 4.39 Å². The molecule has 1 heterocycles. The van der Waals surface area contributed by atoms with Gasteiger partial charge in [-0.25, -0.2) is 4.39 Å². The van der Waals surface area contributed by atoms with E-state index < -0.39 is 0 Å². The van der Waals surface area contributed by atoms with Gasteiger partial charge in [0.05, 0.1) is 26.3 Å². The topological polar surface area (TPSA) is 42.8 Å². The Morgan fingerprint density at radius 2 is 1.94 bits per heavy atom. The molecule has 1 aromatic carbocycles. The largest absolute Gasteiger partial charge is 0.370 e. The average molecular weight is 253 g/mol. The first-order valence-corrected chi connectivity index (χ1v) is 6.21. The van der Waals surface area contributed by atoms with Crippen LogP contribution in [0.5, 0.6) is 0 Å². The normalized spacial score (nSPS) is 16.5. The monoisotopic (exact) mass is 253 g/mol. The lowest BCUT2D eigenvalue weighted by molar-refractivity contribution is -0.906. The molecule has 1 aliphatic rings. The zero-order chi connectivity index (χ0) is 12.8. The van der Waals surface area contributed by atoms with Crippen LogP contribution >= 0.6 is 0 Å². The summed E-state index contributed by atoms with van der Waals surface area (Å²) in [6, 6.07) is 5.57. The number of ether oxygens (including phenoxy) is 1.